The van der Waals surface area contributed by atoms with E-state index in [0.717, 1.165) is 6.42 Å². The molecule has 4 heteroatoms. The van der Waals surface area contributed by atoms with Crippen molar-refractivity contribution < 1.29 is 13.9 Å². The van der Waals surface area contributed by atoms with E-state index in [-0.39, 0.29) is 0 Å². The molecule has 0 bridgehead atoms. The molecular weight excluding hydrogens is 149 g/mol. The minimum Gasteiger partial charge on any atom is -0.468 e. The molecule has 0 aromatic rings. The first-order valence-corrected chi connectivity index (χ1v) is 3.71. The van der Waals surface area contributed by atoms with Crippen molar-refractivity contribution in [3.8, 4) is 0 Å². The van der Waals surface area contributed by atoms with Gasteiger partial charge in [0.05, 0.1) is 7.11 Å². The lowest BCUT2D eigenvalue weighted by atomic mass is 10.0. The number of carbonyl (C=O) groups excluding carboxylic acids is 1. The van der Waals surface area contributed by atoms with E-state index in [0.29, 0.717) is 13.0 Å². The summed E-state index contributed by atoms with van der Waals surface area (Å²) in [5.41, 5.74) is 0. The topological polar surface area (TPSA) is 38.3 Å². The van der Waals surface area contributed by atoms with Crippen LogP contribution in [-0.4, -0.2) is 31.8 Å². The average molecular weight is 161 g/mol. The van der Waals surface area contributed by atoms with Gasteiger partial charge in [-0.3, -0.25) is 4.79 Å². The Morgan fingerprint density at radius 3 is 3.00 bits per heavy atom. The highest BCUT2D eigenvalue weighted by molar-refractivity contribution is 5.76. The van der Waals surface area contributed by atoms with E-state index in [1.807, 2.05) is 0 Å². The van der Waals surface area contributed by atoms with E-state index in [9.17, 15) is 9.18 Å². The van der Waals surface area contributed by atoms with Gasteiger partial charge in [0.2, 0.25) is 0 Å². The van der Waals surface area contributed by atoms with Gasteiger partial charge >= 0.3 is 5.97 Å². The second-order valence-electron chi connectivity index (χ2n) is 2.61. The Hall–Kier alpha value is -0.640. The van der Waals surface area contributed by atoms with Crippen LogP contribution in [0.4, 0.5) is 4.39 Å². The predicted octanol–water partition coefficient (Wildman–Crippen LogP) is 0.249. The van der Waals surface area contributed by atoms with Crippen molar-refractivity contribution >= 4 is 5.97 Å². The van der Waals surface area contributed by atoms with Crippen LogP contribution in [0.2, 0.25) is 0 Å². The summed E-state index contributed by atoms with van der Waals surface area (Å²) in [5, 5.41) is 2.77. The maximum atomic E-state index is 12.9. The molecule has 0 amide bonds. The molecule has 11 heavy (non-hydrogen) atoms. The van der Waals surface area contributed by atoms with Crippen LogP contribution in [0.1, 0.15) is 12.8 Å². The number of rotatable bonds is 1. The molecular formula is C7H12FNO2. The Balaban J connectivity index is 2.47. The summed E-state index contributed by atoms with van der Waals surface area (Å²) < 4.78 is 17.3. The molecule has 2 atom stereocenters. The minimum atomic E-state index is -1.09. The van der Waals surface area contributed by atoms with Crippen molar-refractivity contribution in [2.75, 3.05) is 13.7 Å². The SMILES string of the molecule is COC(=O)[C@@H]1NCCC[C@@H]1F. The summed E-state index contributed by atoms with van der Waals surface area (Å²) in [7, 11) is 1.27. The molecule has 0 spiro atoms. The third-order valence-electron chi connectivity index (χ3n) is 1.84. The summed E-state index contributed by atoms with van der Waals surface area (Å²) in [6, 6.07) is -0.742. The van der Waals surface area contributed by atoms with Crippen molar-refractivity contribution in [2.45, 2.75) is 25.1 Å². The summed E-state index contributed by atoms with van der Waals surface area (Å²) in [5.74, 6) is -0.503. The van der Waals surface area contributed by atoms with Gasteiger partial charge in [-0.15, -0.1) is 0 Å². The zero-order chi connectivity index (χ0) is 8.27. The monoisotopic (exact) mass is 161 g/mol. The van der Waals surface area contributed by atoms with Crippen molar-refractivity contribution in [1.29, 1.82) is 0 Å². The van der Waals surface area contributed by atoms with Crippen LogP contribution in [0.3, 0.4) is 0 Å². The van der Waals surface area contributed by atoms with Crippen LogP contribution in [0.25, 0.3) is 0 Å². The van der Waals surface area contributed by atoms with E-state index < -0.39 is 18.2 Å². The van der Waals surface area contributed by atoms with Gasteiger partial charge in [-0.05, 0) is 19.4 Å². The first-order valence-electron chi connectivity index (χ1n) is 3.71. The highest BCUT2D eigenvalue weighted by atomic mass is 19.1. The number of halogens is 1. The normalized spacial score (nSPS) is 31.5. The third-order valence-corrected chi connectivity index (χ3v) is 1.84. The molecule has 0 aromatic carbocycles. The number of hydrogen-bond acceptors (Lipinski definition) is 3. The molecule has 0 radical (unpaired) electrons. The quantitative estimate of drug-likeness (QED) is 0.560. The number of methoxy groups -OCH3 is 1. The van der Waals surface area contributed by atoms with E-state index in [2.05, 4.69) is 10.1 Å². The first kappa shape index (κ1) is 8.46. The summed E-state index contributed by atoms with van der Waals surface area (Å²) in [4.78, 5) is 10.9. The van der Waals surface area contributed by atoms with Crippen molar-refractivity contribution in [3.63, 3.8) is 0 Å². The maximum absolute atomic E-state index is 12.9. The lowest BCUT2D eigenvalue weighted by Gasteiger charge is -2.24. The highest BCUT2D eigenvalue weighted by Gasteiger charge is 2.31. The van der Waals surface area contributed by atoms with E-state index >= 15 is 0 Å². The fourth-order valence-corrected chi connectivity index (χ4v) is 1.21. The van der Waals surface area contributed by atoms with E-state index in [1.54, 1.807) is 0 Å². The molecule has 1 rings (SSSR count). The maximum Gasteiger partial charge on any atom is 0.325 e. The number of carbonyl (C=O) groups is 1. The molecule has 1 aliphatic heterocycles. The van der Waals surface area contributed by atoms with Crippen LogP contribution in [-0.2, 0) is 9.53 Å². The molecule has 0 saturated carbocycles. The molecule has 0 aromatic heterocycles. The minimum absolute atomic E-state index is 0.451. The molecule has 1 aliphatic rings. The van der Waals surface area contributed by atoms with Gasteiger partial charge < -0.3 is 10.1 Å². The van der Waals surface area contributed by atoms with Gasteiger partial charge in [0, 0.05) is 0 Å². The van der Waals surface area contributed by atoms with Crippen LogP contribution in [0, 0.1) is 0 Å². The van der Waals surface area contributed by atoms with Gasteiger partial charge in [0.25, 0.3) is 0 Å². The van der Waals surface area contributed by atoms with Crippen molar-refractivity contribution in [3.05, 3.63) is 0 Å². The Bertz CT molecular complexity index is 151. The van der Waals surface area contributed by atoms with E-state index in [1.165, 1.54) is 7.11 Å². The second kappa shape index (κ2) is 3.67. The Morgan fingerprint density at radius 2 is 2.45 bits per heavy atom. The molecule has 1 saturated heterocycles. The van der Waals surface area contributed by atoms with Gasteiger partial charge in [-0.1, -0.05) is 0 Å². The Morgan fingerprint density at radius 1 is 1.73 bits per heavy atom. The Kier molecular flexibility index (Phi) is 2.82. The number of esters is 1. The molecule has 0 unspecified atom stereocenters. The molecule has 64 valence electrons. The summed E-state index contributed by atoms with van der Waals surface area (Å²) >= 11 is 0. The summed E-state index contributed by atoms with van der Waals surface area (Å²) in [6.07, 6.45) is 0.151. The fourth-order valence-electron chi connectivity index (χ4n) is 1.21. The van der Waals surface area contributed by atoms with Crippen LogP contribution >= 0.6 is 0 Å². The molecule has 1 fully saturated rings. The number of piperidine rings is 1. The smallest absolute Gasteiger partial charge is 0.325 e. The van der Waals surface area contributed by atoms with Crippen LogP contribution in [0.15, 0.2) is 0 Å². The van der Waals surface area contributed by atoms with Gasteiger partial charge in [0.15, 0.2) is 0 Å². The lowest BCUT2D eigenvalue weighted by Crippen LogP contribution is -2.48. The summed E-state index contributed by atoms with van der Waals surface area (Å²) in [6.45, 7) is 0.695. The molecule has 3 nitrogen and oxygen atoms in total. The largest absolute Gasteiger partial charge is 0.468 e. The zero-order valence-electron chi connectivity index (χ0n) is 6.47. The molecule has 1 N–H and O–H groups in total. The third kappa shape index (κ3) is 1.89. The lowest BCUT2D eigenvalue weighted by molar-refractivity contribution is -0.145. The number of alkyl halides is 1. The molecule has 0 aliphatic carbocycles. The van der Waals surface area contributed by atoms with Crippen molar-refractivity contribution in [2.24, 2.45) is 0 Å². The second-order valence-corrected chi connectivity index (χ2v) is 2.61. The average Bonchev–Trinajstić information content (AvgIpc) is 2.04. The number of hydrogen-bond donors (Lipinski definition) is 1. The van der Waals surface area contributed by atoms with Gasteiger partial charge in [-0.2, -0.15) is 0 Å². The number of nitrogens with one attached hydrogen (secondary N) is 1. The fraction of sp³-hybridized carbons (Fsp3) is 0.857. The van der Waals surface area contributed by atoms with Crippen LogP contribution < -0.4 is 5.32 Å². The van der Waals surface area contributed by atoms with E-state index in [4.69, 9.17) is 0 Å². The highest BCUT2D eigenvalue weighted by Crippen LogP contribution is 2.12. The van der Waals surface area contributed by atoms with Gasteiger partial charge in [-0.25, -0.2) is 4.39 Å². The Labute approximate surface area is 64.9 Å². The van der Waals surface area contributed by atoms with Crippen LogP contribution in [0.5, 0.6) is 0 Å². The molecule has 1 heterocycles. The predicted molar refractivity (Wildman–Crippen MR) is 37.9 cm³/mol. The van der Waals surface area contributed by atoms with Crippen molar-refractivity contribution in [1.82, 2.24) is 5.32 Å². The first-order chi connectivity index (χ1) is 5.25. The number of ether oxygens (including phenoxy) is 1. The van der Waals surface area contributed by atoms with Gasteiger partial charge in [0.1, 0.15) is 12.2 Å². The zero-order valence-corrected chi connectivity index (χ0v) is 6.47. The standard InChI is InChI=1S/C7H12FNO2/c1-11-7(10)6-5(8)3-2-4-9-6/h5-6,9H,2-4H2,1H3/t5-,6+/m0/s1.